The normalized spacial score (nSPS) is 10.3. The number of para-hydroxylation sites is 1. The number of rotatable bonds is 4. The van der Waals surface area contributed by atoms with Crippen LogP contribution in [0.25, 0.3) is 10.9 Å². The molecule has 5 nitrogen and oxygen atoms in total. The summed E-state index contributed by atoms with van der Waals surface area (Å²) in [6.45, 7) is 3.94. The van der Waals surface area contributed by atoms with E-state index in [9.17, 15) is 10.1 Å². The number of benzene rings is 1. The number of carbonyl (C=O) groups is 1. The van der Waals surface area contributed by atoms with Gasteiger partial charge in [-0.25, -0.2) is 4.98 Å². The summed E-state index contributed by atoms with van der Waals surface area (Å²) >= 11 is 0. The van der Waals surface area contributed by atoms with E-state index in [0.29, 0.717) is 11.4 Å². The largest absolute Gasteiger partial charge is 0.361 e. The maximum absolute atomic E-state index is 11.6. The second kappa shape index (κ2) is 6.02. The average Bonchev–Trinajstić information content (AvgIpc) is 2.43. The van der Waals surface area contributed by atoms with Crippen LogP contribution in [0, 0.1) is 11.3 Å². The molecule has 2 aromatic rings. The van der Waals surface area contributed by atoms with E-state index >= 15 is 0 Å². The van der Waals surface area contributed by atoms with E-state index in [1.807, 2.05) is 38.1 Å². The molecule has 0 fully saturated rings. The number of hydrogen-bond acceptors (Lipinski definition) is 4. The molecule has 0 atom stereocenters. The zero-order chi connectivity index (χ0) is 14.5. The molecule has 0 aliphatic rings. The van der Waals surface area contributed by atoms with Crippen molar-refractivity contribution in [1.82, 2.24) is 10.3 Å². The summed E-state index contributed by atoms with van der Waals surface area (Å²) in [5.41, 5.74) is 1.28. The van der Waals surface area contributed by atoms with Crippen molar-refractivity contribution in [1.29, 1.82) is 5.26 Å². The molecule has 0 aliphatic carbocycles. The van der Waals surface area contributed by atoms with Crippen molar-refractivity contribution in [2.45, 2.75) is 19.9 Å². The van der Waals surface area contributed by atoms with Gasteiger partial charge in [-0.05, 0) is 26.0 Å². The predicted molar refractivity (Wildman–Crippen MR) is 78.2 cm³/mol. The average molecular weight is 268 g/mol. The molecule has 0 saturated heterocycles. The topological polar surface area (TPSA) is 77.8 Å². The maximum atomic E-state index is 11.6. The van der Waals surface area contributed by atoms with Gasteiger partial charge in [0.05, 0.1) is 23.7 Å². The Balaban J connectivity index is 2.19. The standard InChI is InChI=1S/C15H16N4O/c1-10(2)18-15(20)9-17-14-7-11(8-16)12-5-3-4-6-13(12)19-14/h3-7,10H,9H2,1-2H3,(H,17,19)(H,18,20). The smallest absolute Gasteiger partial charge is 0.239 e. The van der Waals surface area contributed by atoms with Crippen LogP contribution in [-0.4, -0.2) is 23.5 Å². The fourth-order valence-electron chi connectivity index (χ4n) is 1.90. The molecule has 0 aliphatic heterocycles. The highest BCUT2D eigenvalue weighted by Gasteiger charge is 2.07. The zero-order valence-corrected chi connectivity index (χ0v) is 11.5. The van der Waals surface area contributed by atoms with E-state index in [2.05, 4.69) is 21.7 Å². The summed E-state index contributed by atoms with van der Waals surface area (Å²) in [7, 11) is 0. The van der Waals surface area contributed by atoms with Gasteiger partial charge in [-0.15, -0.1) is 0 Å². The minimum Gasteiger partial charge on any atom is -0.361 e. The van der Waals surface area contributed by atoms with E-state index in [4.69, 9.17) is 0 Å². The van der Waals surface area contributed by atoms with Gasteiger partial charge in [0, 0.05) is 11.4 Å². The third kappa shape index (κ3) is 3.23. The van der Waals surface area contributed by atoms with Crippen molar-refractivity contribution >= 4 is 22.6 Å². The quantitative estimate of drug-likeness (QED) is 0.889. The van der Waals surface area contributed by atoms with Gasteiger partial charge in [-0.1, -0.05) is 18.2 Å². The van der Waals surface area contributed by atoms with E-state index in [0.717, 1.165) is 10.9 Å². The van der Waals surface area contributed by atoms with Crippen molar-refractivity contribution in [2.24, 2.45) is 0 Å². The predicted octanol–water partition coefficient (Wildman–Crippen LogP) is 2.04. The van der Waals surface area contributed by atoms with E-state index in [-0.39, 0.29) is 18.5 Å². The minimum atomic E-state index is -0.103. The number of carbonyl (C=O) groups excluding carboxylic acids is 1. The summed E-state index contributed by atoms with van der Waals surface area (Å²) in [5, 5.41) is 15.7. The van der Waals surface area contributed by atoms with Gasteiger partial charge < -0.3 is 10.6 Å². The van der Waals surface area contributed by atoms with Gasteiger partial charge in [-0.2, -0.15) is 5.26 Å². The van der Waals surface area contributed by atoms with E-state index in [1.165, 1.54) is 0 Å². The summed E-state index contributed by atoms with van der Waals surface area (Å²) in [5.74, 6) is 0.424. The zero-order valence-electron chi connectivity index (χ0n) is 11.5. The van der Waals surface area contributed by atoms with Crippen molar-refractivity contribution in [3.05, 3.63) is 35.9 Å². The Morgan fingerprint density at radius 3 is 2.85 bits per heavy atom. The minimum absolute atomic E-state index is 0.100. The Morgan fingerprint density at radius 2 is 2.15 bits per heavy atom. The number of nitrogens with one attached hydrogen (secondary N) is 2. The third-order valence-corrected chi connectivity index (χ3v) is 2.72. The lowest BCUT2D eigenvalue weighted by molar-refractivity contribution is -0.119. The van der Waals surface area contributed by atoms with Crippen molar-refractivity contribution in [3.63, 3.8) is 0 Å². The Bertz CT molecular complexity index is 673. The molecule has 5 heteroatoms. The molecule has 0 spiro atoms. The second-order valence-corrected chi connectivity index (χ2v) is 4.76. The number of amides is 1. The Morgan fingerprint density at radius 1 is 1.40 bits per heavy atom. The van der Waals surface area contributed by atoms with Gasteiger partial charge >= 0.3 is 0 Å². The van der Waals surface area contributed by atoms with Crippen LogP contribution in [0.2, 0.25) is 0 Å². The van der Waals surface area contributed by atoms with Crippen LogP contribution in [0.15, 0.2) is 30.3 Å². The highest BCUT2D eigenvalue weighted by molar-refractivity contribution is 5.87. The molecule has 2 rings (SSSR count). The van der Waals surface area contributed by atoms with Crippen LogP contribution >= 0.6 is 0 Å². The number of pyridine rings is 1. The molecule has 1 aromatic heterocycles. The first-order valence-electron chi connectivity index (χ1n) is 6.43. The number of fused-ring (bicyclic) bond motifs is 1. The van der Waals surface area contributed by atoms with Crippen LogP contribution in [-0.2, 0) is 4.79 Å². The van der Waals surface area contributed by atoms with Gasteiger partial charge in [0.1, 0.15) is 5.82 Å². The lowest BCUT2D eigenvalue weighted by Crippen LogP contribution is -2.34. The number of nitrogens with zero attached hydrogens (tertiary/aromatic N) is 2. The molecule has 1 heterocycles. The first kappa shape index (κ1) is 13.8. The van der Waals surface area contributed by atoms with E-state index < -0.39 is 0 Å². The Hall–Kier alpha value is -2.61. The monoisotopic (exact) mass is 268 g/mol. The molecule has 102 valence electrons. The molecular formula is C15H16N4O. The highest BCUT2D eigenvalue weighted by atomic mass is 16.1. The number of nitriles is 1. The summed E-state index contributed by atoms with van der Waals surface area (Å²) in [6.07, 6.45) is 0. The van der Waals surface area contributed by atoms with Gasteiger partial charge in [0.25, 0.3) is 0 Å². The summed E-state index contributed by atoms with van der Waals surface area (Å²) in [6, 6.07) is 11.3. The Labute approximate surface area is 117 Å². The molecule has 1 amide bonds. The lowest BCUT2D eigenvalue weighted by Gasteiger charge is -2.10. The van der Waals surface area contributed by atoms with Crippen molar-refractivity contribution in [2.75, 3.05) is 11.9 Å². The van der Waals surface area contributed by atoms with Crippen LogP contribution in [0.4, 0.5) is 5.82 Å². The molecule has 0 bridgehead atoms. The number of aromatic nitrogens is 1. The molecule has 0 saturated carbocycles. The SMILES string of the molecule is CC(C)NC(=O)CNc1cc(C#N)c2ccccc2n1. The maximum Gasteiger partial charge on any atom is 0.239 e. The first-order chi connectivity index (χ1) is 9.60. The lowest BCUT2D eigenvalue weighted by atomic mass is 10.1. The fourth-order valence-corrected chi connectivity index (χ4v) is 1.90. The summed E-state index contributed by atoms with van der Waals surface area (Å²) in [4.78, 5) is 16.0. The van der Waals surface area contributed by atoms with Crippen LogP contribution in [0.5, 0.6) is 0 Å². The van der Waals surface area contributed by atoms with Gasteiger partial charge in [0.15, 0.2) is 0 Å². The van der Waals surface area contributed by atoms with Crippen LogP contribution in [0.1, 0.15) is 19.4 Å². The van der Waals surface area contributed by atoms with Crippen LogP contribution in [0.3, 0.4) is 0 Å². The molecule has 0 radical (unpaired) electrons. The van der Waals surface area contributed by atoms with E-state index in [1.54, 1.807) is 6.07 Å². The number of hydrogen-bond donors (Lipinski definition) is 2. The molecule has 2 N–H and O–H groups in total. The Kier molecular flexibility index (Phi) is 4.16. The highest BCUT2D eigenvalue weighted by Crippen LogP contribution is 2.19. The molecular weight excluding hydrogens is 252 g/mol. The number of anilines is 1. The summed E-state index contributed by atoms with van der Waals surface area (Å²) < 4.78 is 0. The van der Waals surface area contributed by atoms with Crippen LogP contribution < -0.4 is 10.6 Å². The molecule has 0 unspecified atom stereocenters. The van der Waals surface area contributed by atoms with Gasteiger partial charge in [-0.3, -0.25) is 4.79 Å². The second-order valence-electron chi connectivity index (χ2n) is 4.76. The van der Waals surface area contributed by atoms with Crippen molar-refractivity contribution in [3.8, 4) is 6.07 Å². The van der Waals surface area contributed by atoms with Gasteiger partial charge in [0.2, 0.25) is 5.91 Å². The first-order valence-corrected chi connectivity index (χ1v) is 6.43. The third-order valence-electron chi connectivity index (χ3n) is 2.72. The van der Waals surface area contributed by atoms with Crippen molar-refractivity contribution < 1.29 is 4.79 Å². The molecule has 1 aromatic carbocycles. The fraction of sp³-hybridized carbons (Fsp3) is 0.267. The molecule has 20 heavy (non-hydrogen) atoms.